The van der Waals surface area contributed by atoms with Crippen LogP contribution in [-0.2, 0) is 0 Å². The van der Waals surface area contributed by atoms with Gasteiger partial charge in [0.25, 0.3) is 0 Å². The summed E-state index contributed by atoms with van der Waals surface area (Å²) in [5.41, 5.74) is 29.3. The molecule has 140 heavy (non-hydrogen) atoms. The van der Waals surface area contributed by atoms with Gasteiger partial charge in [-0.15, -0.1) is 68.0 Å². The first-order chi connectivity index (χ1) is 68.8. The van der Waals surface area contributed by atoms with Crippen molar-refractivity contribution in [2.24, 2.45) is 0 Å². The molecule has 0 saturated carbocycles. The standard InChI is InChI=1S/C19H14O.6C19H14S/c1-13-6-8-14(9-7-13)15-10-11-19-17(12-15)16-4-2-3-5-18(16)20-19;1-13-9-11-14(12-10-13)15-6-4-7-17-16-5-2-3-8-18(16)20-19(15)17;1-13-9-11-14(12-10-13)15-6-4-8-18-19(15)16-5-2-3-7-17(16)20-18;1-13-11-12-15(14-7-3-2-4-8-14)18-16-9-5-6-10-17(16)20-19(13)18;1-13-11-12-15(14-7-3-2-4-8-14)19-18(13)16-9-5-6-10-17(16)20-19;1-13-6-8-14(9-7-13)15-10-11-19-17(12-15)16-4-2-3-5-18(16)20-19;1-13-6-8-14(9-7-13)15-10-11-17-16-4-2-3-5-18(16)20-19(17)12-15/h7*2-12H,1H3. The second-order valence-electron chi connectivity index (χ2n) is 36.0. The average Bonchev–Trinajstić information content (AvgIpc) is 1.61. The molecule has 0 aliphatic carbocycles. The number of furan rings is 1. The molecule has 0 amide bonds. The first kappa shape index (κ1) is 89.9. The third-order valence-electron chi connectivity index (χ3n) is 26.4. The Hall–Kier alpha value is -15.3. The van der Waals surface area contributed by atoms with Crippen LogP contribution in [0.3, 0.4) is 0 Å². The van der Waals surface area contributed by atoms with Gasteiger partial charge in [-0.25, -0.2) is 0 Å². The van der Waals surface area contributed by atoms with Gasteiger partial charge >= 0.3 is 0 Å². The van der Waals surface area contributed by atoms with E-state index in [4.69, 9.17) is 4.42 Å². The fourth-order valence-electron chi connectivity index (χ4n) is 19.1. The van der Waals surface area contributed by atoms with Gasteiger partial charge in [-0.05, 0) is 216 Å². The largest absolute Gasteiger partial charge is 0.456 e. The molecule has 672 valence electrons. The van der Waals surface area contributed by atoms with Crippen LogP contribution in [0.25, 0.3) is 221 Å². The van der Waals surface area contributed by atoms with Crippen molar-refractivity contribution in [1.29, 1.82) is 0 Å². The van der Waals surface area contributed by atoms with Gasteiger partial charge < -0.3 is 4.42 Å². The summed E-state index contributed by atoms with van der Waals surface area (Å²) in [5, 5.41) is 18.8. The molecule has 1 nitrogen and oxygen atoms in total. The molecule has 7 heteroatoms. The molecule has 0 bridgehead atoms. The molecule has 0 aliphatic heterocycles. The second-order valence-corrected chi connectivity index (χ2v) is 42.4. The van der Waals surface area contributed by atoms with Crippen LogP contribution in [0.2, 0.25) is 0 Å². The summed E-state index contributed by atoms with van der Waals surface area (Å²) in [6.07, 6.45) is 0. The minimum Gasteiger partial charge on any atom is -0.456 e. The van der Waals surface area contributed by atoms with Crippen molar-refractivity contribution >= 4 is 211 Å². The third-order valence-corrected chi connectivity index (χ3v) is 33.6. The Morgan fingerprint density at radius 2 is 0.457 bits per heavy atom. The van der Waals surface area contributed by atoms with Gasteiger partial charge in [-0.1, -0.05) is 416 Å². The molecule has 0 unspecified atom stereocenters. The Morgan fingerprint density at radius 3 is 1.03 bits per heavy atom. The number of fused-ring (bicyclic) bond motifs is 21. The summed E-state index contributed by atoms with van der Waals surface area (Å²) in [6, 6.07) is 167. The molecule has 21 aromatic carbocycles. The molecule has 7 heterocycles. The van der Waals surface area contributed by atoms with Crippen LogP contribution in [0.5, 0.6) is 0 Å². The maximum absolute atomic E-state index is 5.86. The van der Waals surface area contributed by atoms with Gasteiger partial charge in [-0.2, -0.15) is 0 Å². The van der Waals surface area contributed by atoms with E-state index in [1.165, 1.54) is 249 Å². The van der Waals surface area contributed by atoms with Crippen molar-refractivity contribution in [2.75, 3.05) is 0 Å². The van der Waals surface area contributed by atoms with Crippen molar-refractivity contribution in [3.05, 3.63) is 506 Å². The van der Waals surface area contributed by atoms with E-state index in [-0.39, 0.29) is 0 Å². The van der Waals surface area contributed by atoms with Crippen molar-refractivity contribution in [1.82, 2.24) is 0 Å². The Kier molecular flexibility index (Phi) is 25.7. The highest BCUT2D eigenvalue weighted by atomic mass is 32.1. The zero-order chi connectivity index (χ0) is 94.7. The third kappa shape index (κ3) is 18.6. The van der Waals surface area contributed by atoms with Crippen LogP contribution < -0.4 is 0 Å². The maximum Gasteiger partial charge on any atom is 0.135 e. The van der Waals surface area contributed by atoms with Gasteiger partial charge in [0.15, 0.2) is 0 Å². The van der Waals surface area contributed by atoms with Gasteiger partial charge in [0.2, 0.25) is 0 Å². The molecular formula is C133H98OS6. The molecule has 0 saturated heterocycles. The lowest BCUT2D eigenvalue weighted by molar-refractivity contribution is 0.669. The molecular weight excluding hydrogens is 1810 g/mol. The van der Waals surface area contributed by atoms with Crippen molar-refractivity contribution in [3.63, 3.8) is 0 Å². The molecule has 7 aromatic heterocycles. The molecule has 0 aliphatic rings. The number of thiophene rings is 6. The van der Waals surface area contributed by atoms with Crippen LogP contribution in [-0.4, -0.2) is 0 Å². The summed E-state index contributed by atoms with van der Waals surface area (Å²) >= 11 is 11.3. The number of para-hydroxylation sites is 1. The van der Waals surface area contributed by atoms with Crippen LogP contribution in [0.1, 0.15) is 38.9 Å². The zero-order valence-electron chi connectivity index (χ0n) is 78.8. The highest BCUT2D eigenvalue weighted by Crippen LogP contribution is 2.48. The predicted molar refractivity (Wildman–Crippen MR) is 621 cm³/mol. The quantitative estimate of drug-likeness (QED) is 0.155. The van der Waals surface area contributed by atoms with E-state index in [1.807, 2.05) is 80.2 Å². The smallest absolute Gasteiger partial charge is 0.135 e. The Labute approximate surface area is 840 Å². The number of hydrogen-bond donors (Lipinski definition) is 0. The summed E-state index contributed by atoms with van der Waals surface area (Å²) in [6.45, 7) is 15.0. The fraction of sp³-hybridized carbons (Fsp3) is 0.0526. The van der Waals surface area contributed by atoms with Gasteiger partial charge in [0.05, 0.1) is 0 Å². The van der Waals surface area contributed by atoms with E-state index in [1.54, 1.807) is 0 Å². The Balaban J connectivity index is 0.0000000939. The van der Waals surface area contributed by atoms with Crippen LogP contribution in [0.15, 0.2) is 472 Å². The van der Waals surface area contributed by atoms with Crippen molar-refractivity contribution in [2.45, 2.75) is 48.5 Å². The van der Waals surface area contributed by atoms with Crippen LogP contribution in [0.4, 0.5) is 0 Å². The van der Waals surface area contributed by atoms with E-state index in [9.17, 15) is 0 Å². The summed E-state index contributed by atoms with van der Waals surface area (Å²) < 4.78 is 22.3. The molecule has 0 radical (unpaired) electrons. The lowest BCUT2D eigenvalue weighted by Gasteiger charge is -2.06. The maximum atomic E-state index is 5.86. The van der Waals surface area contributed by atoms with E-state index in [0.29, 0.717) is 0 Å². The molecule has 0 N–H and O–H groups in total. The van der Waals surface area contributed by atoms with E-state index in [2.05, 4.69) is 503 Å². The van der Waals surface area contributed by atoms with E-state index in [0.717, 1.165) is 11.2 Å². The van der Waals surface area contributed by atoms with Gasteiger partial charge in [-0.3, -0.25) is 0 Å². The second kappa shape index (κ2) is 40.1. The highest BCUT2D eigenvalue weighted by molar-refractivity contribution is 7.28. The fourth-order valence-corrected chi connectivity index (χ4v) is 26.2. The summed E-state index contributed by atoms with van der Waals surface area (Å²) in [4.78, 5) is 0. The molecule has 0 spiro atoms. The molecule has 28 rings (SSSR count). The van der Waals surface area contributed by atoms with Crippen LogP contribution in [0, 0.1) is 48.5 Å². The molecule has 0 atom stereocenters. The molecule has 0 fully saturated rings. The van der Waals surface area contributed by atoms with Crippen LogP contribution >= 0.6 is 68.0 Å². The first-order valence-electron chi connectivity index (χ1n) is 47.6. The van der Waals surface area contributed by atoms with Gasteiger partial charge in [0, 0.05) is 132 Å². The number of aryl methyl sites for hydroxylation is 7. The normalized spacial score (nSPS) is 11.2. The SMILES string of the molecule is Cc1ccc(-c2ccc3c(c2)sc2ccccc23)cc1.Cc1ccc(-c2ccc3oc4ccccc4c3c2)cc1.Cc1ccc(-c2ccc3sc4ccccc4c3c2)cc1.Cc1ccc(-c2cccc3c2sc2ccccc23)cc1.Cc1ccc(-c2cccc3sc4ccccc4c23)cc1.Cc1ccc(-c2ccccc2)c2c1sc1ccccc12.Cc1ccc(-c2ccccc2)c2sc3ccccc3c12. The monoisotopic (exact) mass is 1900 g/mol. The summed E-state index contributed by atoms with van der Waals surface area (Å²) in [7, 11) is 0. The lowest BCUT2D eigenvalue weighted by atomic mass is 9.98. The highest BCUT2D eigenvalue weighted by Gasteiger charge is 2.19. The molecule has 28 aromatic rings. The predicted octanol–water partition coefficient (Wildman–Crippen LogP) is 41.7. The minimum atomic E-state index is 0.946. The van der Waals surface area contributed by atoms with Crippen molar-refractivity contribution < 1.29 is 4.42 Å². The van der Waals surface area contributed by atoms with E-state index < -0.39 is 0 Å². The minimum absolute atomic E-state index is 0.946. The average molecular weight is 1900 g/mol. The first-order valence-corrected chi connectivity index (χ1v) is 52.5. The number of benzene rings is 21. The zero-order valence-corrected chi connectivity index (χ0v) is 83.7. The lowest BCUT2D eigenvalue weighted by Crippen LogP contribution is -1.81. The van der Waals surface area contributed by atoms with E-state index >= 15 is 0 Å². The Bertz CT molecular complexity index is 9150. The Morgan fingerprint density at radius 1 is 0.143 bits per heavy atom. The summed E-state index contributed by atoms with van der Waals surface area (Å²) in [5.74, 6) is 0. The topological polar surface area (TPSA) is 13.1 Å². The van der Waals surface area contributed by atoms with Crippen molar-refractivity contribution in [3.8, 4) is 77.9 Å². The number of hydrogen-bond acceptors (Lipinski definition) is 7. The van der Waals surface area contributed by atoms with Gasteiger partial charge in [0.1, 0.15) is 11.2 Å². The number of rotatable bonds is 7.